The lowest BCUT2D eigenvalue weighted by Crippen LogP contribution is -2.20. The van der Waals surface area contributed by atoms with Gasteiger partial charge >= 0.3 is 0 Å². The first-order valence-electron chi connectivity index (χ1n) is 6.00. The van der Waals surface area contributed by atoms with Gasteiger partial charge in [-0.2, -0.15) is 11.8 Å². The molecule has 0 saturated heterocycles. The molecule has 102 valence electrons. The van der Waals surface area contributed by atoms with Crippen LogP contribution in [-0.2, 0) is 5.75 Å². The van der Waals surface area contributed by atoms with Gasteiger partial charge in [-0.15, -0.1) is 0 Å². The van der Waals surface area contributed by atoms with E-state index >= 15 is 0 Å². The van der Waals surface area contributed by atoms with Crippen molar-refractivity contribution in [3.05, 3.63) is 48.4 Å². The molecular formula is C14H17NO3S. The third-order valence-corrected chi connectivity index (χ3v) is 3.54. The second-order valence-electron chi connectivity index (χ2n) is 4.13. The molecule has 0 aliphatic heterocycles. The van der Waals surface area contributed by atoms with Crippen LogP contribution in [-0.4, -0.2) is 23.6 Å². The quantitative estimate of drug-likeness (QED) is 0.762. The van der Waals surface area contributed by atoms with Crippen LogP contribution in [0.2, 0.25) is 0 Å². The fourth-order valence-electron chi connectivity index (χ4n) is 1.54. The number of aliphatic hydroxyl groups excluding tert-OH is 1. The van der Waals surface area contributed by atoms with Gasteiger partial charge in [-0.1, -0.05) is 6.07 Å². The summed E-state index contributed by atoms with van der Waals surface area (Å²) in [6.45, 7) is 0.259. The van der Waals surface area contributed by atoms with Crippen molar-refractivity contribution in [1.29, 1.82) is 0 Å². The van der Waals surface area contributed by atoms with Crippen molar-refractivity contribution >= 4 is 17.4 Å². The minimum absolute atomic E-state index is 0.259. The summed E-state index contributed by atoms with van der Waals surface area (Å²) in [5, 5.41) is 9.80. The summed E-state index contributed by atoms with van der Waals surface area (Å²) in [4.78, 5) is 0. The van der Waals surface area contributed by atoms with Crippen molar-refractivity contribution in [2.75, 3.05) is 18.1 Å². The maximum absolute atomic E-state index is 9.80. The minimum Gasteiger partial charge on any atom is -0.491 e. The Kier molecular flexibility index (Phi) is 5.18. The lowest BCUT2D eigenvalue weighted by Gasteiger charge is -2.12. The summed E-state index contributed by atoms with van der Waals surface area (Å²) in [7, 11) is 0. The Labute approximate surface area is 116 Å². The summed E-state index contributed by atoms with van der Waals surface area (Å²) in [6, 6.07) is 10.9. The zero-order chi connectivity index (χ0) is 13.5. The number of anilines is 1. The van der Waals surface area contributed by atoms with E-state index < -0.39 is 6.10 Å². The van der Waals surface area contributed by atoms with Gasteiger partial charge in [0.2, 0.25) is 0 Å². The molecule has 0 bridgehead atoms. The smallest absolute Gasteiger partial charge is 0.121 e. The molecule has 1 aromatic carbocycles. The molecule has 4 nitrogen and oxygen atoms in total. The Morgan fingerprint density at radius 1 is 1.32 bits per heavy atom. The molecule has 1 heterocycles. The van der Waals surface area contributed by atoms with Gasteiger partial charge in [0.15, 0.2) is 0 Å². The molecule has 0 aliphatic carbocycles. The number of thioether (sulfide) groups is 1. The van der Waals surface area contributed by atoms with Gasteiger partial charge < -0.3 is 20.0 Å². The van der Waals surface area contributed by atoms with Crippen molar-refractivity contribution in [2.24, 2.45) is 0 Å². The number of rotatable bonds is 7. The van der Waals surface area contributed by atoms with E-state index in [-0.39, 0.29) is 6.61 Å². The fourth-order valence-corrected chi connectivity index (χ4v) is 2.39. The van der Waals surface area contributed by atoms with Crippen molar-refractivity contribution in [1.82, 2.24) is 0 Å². The third kappa shape index (κ3) is 4.89. The normalized spacial score (nSPS) is 12.3. The number of aliphatic hydroxyl groups is 1. The molecule has 2 aromatic rings. The summed E-state index contributed by atoms with van der Waals surface area (Å²) < 4.78 is 10.7. The Bertz CT molecular complexity index is 487. The molecule has 0 amide bonds. The highest BCUT2D eigenvalue weighted by atomic mass is 32.2. The summed E-state index contributed by atoms with van der Waals surface area (Å²) in [5.41, 5.74) is 6.29. The second-order valence-corrected chi connectivity index (χ2v) is 5.16. The average Bonchev–Trinajstić information content (AvgIpc) is 2.90. The lowest BCUT2D eigenvalue weighted by atomic mass is 10.3. The molecule has 1 unspecified atom stereocenters. The molecule has 0 radical (unpaired) electrons. The van der Waals surface area contributed by atoms with E-state index in [1.54, 1.807) is 30.2 Å². The number of hydrogen-bond acceptors (Lipinski definition) is 5. The highest BCUT2D eigenvalue weighted by molar-refractivity contribution is 7.98. The molecule has 19 heavy (non-hydrogen) atoms. The number of benzene rings is 1. The number of nitrogen functional groups attached to an aromatic ring is 1. The fraction of sp³-hybridized carbons (Fsp3) is 0.286. The molecule has 0 aliphatic rings. The molecule has 5 heteroatoms. The van der Waals surface area contributed by atoms with Crippen LogP contribution in [0, 0.1) is 0 Å². The summed E-state index contributed by atoms with van der Waals surface area (Å²) >= 11 is 1.61. The molecule has 0 fully saturated rings. The monoisotopic (exact) mass is 279 g/mol. The molecular weight excluding hydrogens is 262 g/mol. The van der Waals surface area contributed by atoms with E-state index in [1.165, 1.54) is 0 Å². The van der Waals surface area contributed by atoms with Crippen LogP contribution in [0.3, 0.4) is 0 Å². The van der Waals surface area contributed by atoms with Gasteiger partial charge in [0.1, 0.15) is 18.1 Å². The predicted molar refractivity (Wildman–Crippen MR) is 77.2 cm³/mol. The number of ether oxygens (including phenoxy) is 1. The van der Waals surface area contributed by atoms with E-state index in [1.807, 2.05) is 24.3 Å². The van der Waals surface area contributed by atoms with Gasteiger partial charge in [0.05, 0.1) is 18.1 Å². The molecule has 0 saturated carbocycles. The highest BCUT2D eigenvalue weighted by Crippen LogP contribution is 2.16. The first kappa shape index (κ1) is 13.8. The minimum atomic E-state index is -0.513. The van der Waals surface area contributed by atoms with Crippen LogP contribution in [0.25, 0.3) is 0 Å². The number of furan rings is 1. The summed E-state index contributed by atoms with van der Waals surface area (Å²) in [5.74, 6) is 2.94. The molecule has 1 atom stereocenters. The molecule has 3 N–H and O–H groups in total. The van der Waals surface area contributed by atoms with E-state index in [0.29, 0.717) is 17.2 Å². The van der Waals surface area contributed by atoms with Crippen LogP contribution < -0.4 is 10.5 Å². The van der Waals surface area contributed by atoms with E-state index in [0.717, 1.165) is 11.5 Å². The lowest BCUT2D eigenvalue weighted by molar-refractivity contribution is 0.126. The Morgan fingerprint density at radius 3 is 2.95 bits per heavy atom. The maximum Gasteiger partial charge on any atom is 0.121 e. The predicted octanol–water partition coefficient (Wildman–Crippen LogP) is 2.53. The molecule has 2 rings (SSSR count). The Morgan fingerprint density at radius 2 is 2.21 bits per heavy atom. The first-order chi connectivity index (χ1) is 9.24. The zero-order valence-corrected chi connectivity index (χ0v) is 11.3. The van der Waals surface area contributed by atoms with Crippen molar-refractivity contribution in [3.63, 3.8) is 0 Å². The van der Waals surface area contributed by atoms with Crippen LogP contribution in [0.4, 0.5) is 5.69 Å². The van der Waals surface area contributed by atoms with Crippen molar-refractivity contribution in [2.45, 2.75) is 11.9 Å². The Balaban J connectivity index is 1.65. The van der Waals surface area contributed by atoms with E-state index in [4.69, 9.17) is 14.9 Å². The molecule has 0 spiro atoms. The van der Waals surface area contributed by atoms with Gasteiger partial charge in [0, 0.05) is 17.5 Å². The van der Waals surface area contributed by atoms with Gasteiger partial charge in [-0.25, -0.2) is 0 Å². The first-order valence-corrected chi connectivity index (χ1v) is 7.16. The van der Waals surface area contributed by atoms with E-state index in [9.17, 15) is 5.11 Å². The molecule has 1 aromatic heterocycles. The van der Waals surface area contributed by atoms with Crippen molar-refractivity contribution < 1.29 is 14.3 Å². The van der Waals surface area contributed by atoms with Crippen LogP contribution in [0.15, 0.2) is 47.1 Å². The average molecular weight is 279 g/mol. The number of hydrogen-bond donors (Lipinski definition) is 2. The van der Waals surface area contributed by atoms with Crippen LogP contribution in [0.1, 0.15) is 5.76 Å². The van der Waals surface area contributed by atoms with E-state index in [2.05, 4.69) is 0 Å². The van der Waals surface area contributed by atoms with Crippen LogP contribution in [0.5, 0.6) is 5.75 Å². The SMILES string of the molecule is Nc1cccc(OCC(O)CSCc2ccco2)c1. The third-order valence-electron chi connectivity index (χ3n) is 2.44. The topological polar surface area (TPSA) is 68.6 Å². The van der Waals surface area contributed by atoms with Gasteiger partial charge in [-0.3, -0.25) is 0 Å². The van der Waals surface area contributed by atoms with Crippen molar-refractivity contribution in [3.8, 4) is 5.75 Å². The summed E-state index contributed by atoms with van der Waals surface area (Å²) in [6.07, 6.45) is 1.14. The van der Waals surface area contributed by atoms with Gasteiger partial charge in [0.25, 0.3) is 0 Å². The standard InChI is InChI=1S/C14H17NO3S/c15-11-3-1-4-13(7-11)18-8-12(16)9-19-10-14-5-2-6-17-14/h1-7,12,16H,8-10,15H2. The largest absolute Gasteiger partial charge is 0.491 e. The zero-order valence-electron chi connectivity index (χ0n) is 10.5. The maximum atomic E-state index is 9.80. The second kappa shape index (κ2) is 7.11. The van der Waals surface area contributed by atoms with Gasteiger partial charge in [-0.05, 0) is 24.3 Å². The number of nitrogens with two attached hydrogens (primary N) is 1. The highest BCUT2D eigenvalue weighted by Gasteiger charge is 2.06. The Hall–Kier alpha value is -1.59. The van der Waals surface area contributed by atoms with Crippen LogP contribution >= 0.6 is 11.8 Å².